The number of halogens is 1. The molecule has 1 nitrogen and oxygen atoms in total. The fourth-order valence-corrected chi connectivity index (χ4v) is 3.45. The maximum absolute atomic E-state index is 13.6. The largest absolute Gasteiger partial charge is 0.310 e. The van der Waals surface area contributed by atoms with Crippen LogP contribution >= 0.6 is 11.3 Å². The number of benzene rings is 1. The van der Waals surface area contributed by atoms with Gasteiger partial charge in [-0.05, 0) is 55.3 Å². The quantitative estimate of drug-likeness (QED) is 0.817. The number of rotatable bonds is 6. The van der Waals surface area contributed by atoms with Crippen LogP contribution in [0, 0.1) is 12.7 Å². The highest BCUT2D eigenvalue weighted by Gasteiger charge is 2.14. The average molecular weight is 291 g/mol. The number of hydrogen-bond donors (Lipinski definition) is 1. The standard InChI is InChI=1S/C17H22FNS/c1-4-15-6-7-16(20-15)11-17(19-5-2)13-8-12(3)9-14(18)10-13/h6-10,17,19H,4-5,11H2,1-3H3. The molecule has 3 heteroatoms. The predicted octanol–water partition coefficient (Wildman–Crippen LogP) is 4.65. The number of aryl methyl sites for hydroxylation is 2. The Kier molecular flexibility index (Phi) is 5.32. The van der Waals surface area contributed by atoms with E-state index in [9.17, 15) is 4.39 Å². The zero-order chi connectivity index (χ0) is 14.5. The van der Waals surface area contributed by atoms with Crippen LogP contribution in [0.4, 0.5) is 4.39 Å². The molecule has 0 bridgehead atoms. The van der Waals surface area contributed by atoms with Gasteiger partial charge in [0.15, 0.2) is 0 Å². The van der Waals surface area contributed by atoms with E-state index in [1.807, 2.05) is 18.3 Å². The van der Waals surface area contributed by atoms with Crippen LogP contribution in [-0.2, 0) is 12.8 Å². The van der Waals surface area contributed by atoms with Crippen LogP contribution in [0.3, 0.4) is 0 Å². The van der Waals surface area contributed by atoms with Crippen molar-refractivity contribution in [3.05, 3.63) is 57.0 Å². The van der Waals surface area contributed by atoms with Gasteiger partial charge in [0.2, 0.25) is 0 Å². The van der Waals surface area contributed by atoms with Gasteiger partial charge in [0.05, 0.1) is 0 Å². The third-order valence-electron chi connectivity index (χ3n) is 3.39. The molecule has 0 aliphatic heterocycles. The first-order valence-corrected chi connectivity index (χ1v) is 8.02. The molecule has 0 fully saturated rings. The third kappa shape index (κ3) is 3.90. The summed E-state index contributed by atoms with van der Waals surface area (Å²) in [5.74, 6) is -0.150. The van der Waals surface area contributed by atoms with Gasteiger partial charge in [0.1, 0.15) is 5.82 Å². The Morgan fingerprint density at radius 1 is 1.15 bits per heavy atom. The lowest BCUT2D eigenvalue weighted by molar-refractivity contribution is 0.545. The summed E-state index contributed by atoms with van der Waals surface area (Å²) in [6, 6.07) is 9.87. The van der Waals surface area contributed by atoms with Crippen molar-refractivity contribution >= 4 is 11.3 Å². The highest BCUT2D eigenvalue weighted by molar-refractivity contribution is 7.11. The predicted molar refractivity (Wildman–Crippen MR) is 85.0 cm³/mol. The summed E-state index contributed by atoms with van der Waals surface area (Å²) in [6.07, 6.45) is 2.00. The van der Waals surface area contributed by atoms with Gasteiger partial charge in [-0.15, -0.1) is 11.3 Å². The lowest BCUT2D eigenvalue weighted by atomic mass is 10.0. The Bertz CT molecular complexity index is 542. The normalized spacial score (nSPS) is 12.6. The SMILES string of the molecule is CCNC(Cc1ccc(CC)s1)c1cc(C)cc(F)c1. The number of thiophene rings is 1. The van der Waals surface area contributed by atoms with E-state index >= 15 is 0 Å². The van der Waals surface area contributed by atoms with E-state index in [4.69, 9.17) is 0 Å². The fraction of sp³-hybridized carbons (Fsp3) is 0.412. The van der Waals surface area contributed by atoms with Crippen LogP contribution in [0.25, 0.3) is 0 Å². The van der Waals surface area contributed by atoms with Crippen LogP contribution in [0.5, 0.6) is 0 Å². The highest BCUT2D eigenvalue weighted by Crippen LogP contribution is 2.25. The fourth-order valence-electron chi connectivity index (χ4n) is 2.44. The Balaban J connectivity index is 2.21. The topological polar surface area (TPSA) is 12.0 Å². The molecule has 20 heavy (non-hydrogen) atoms. The smallest absolute Gasteiger partial charge is 0.123 e. The molecule has 1 N–H and O–H groups in total. The van der Waals surface area contributed by atoms with Gasteiger partial charge in [0.25, 0.3) is 0 Å². The zero-order valence-corrected chi connectivity index (χ0v) is 13.2. The van der Waals surface area contributed by atoms with Crippen molar-refractivity contribution in [3.8, 4) is 0 Å². The van der Waals surface area contributed by atoms with Crippen molar-refractivity contribution in [2.45, 2.75) is 39.7 Å². The Morgan fingerprint density at radius 2 is 1.90 bits per heavy atom. The van der Waals surface area contributed by atoms with E-state index in [0.717, 1.165) is 30.5 Å². The molecule has 1 heterocycles. The van der Waals surface area contributed by atoms with Gasteiger partial charge in [-0.2, -0.15) is 0 Å². The van der Waals surface area contributed by atoms with E-state index < -0.39 is 0 Å². The second-order valence-corrected chi connectivity index (χ2v) is 6.35. The molecule has 0 aliphatic rings. The molecule has 0 radical (unpaired) electrons. The molecule has 0 saturated carbocycles. The van der Waals surface area contributed by atoms with Crippen LogP contribution in [0.2, 0.25) is 0 Å². The number of likely N-dealkylation sites (N-methyl/N-ethyl adjacent to an activating group) is 1. The van der Waals surface area contributed by atoms with Gasteiger partial charge in [-0.3, -0.25) is 0 Å². The monoisotopic (exact) mass is 291 g/mol. The molecule has 1 unspecified atom stereocenters. The van der Waals surface area contributed by atoms with E-state index in [1.54, 1.807) is 12.1 Å². The van der Waals surface area contributed by atoms with Crippen LogP contribution in [0.1, 0.15) is 40.8 Å². The minimum Gasteiger partial charge on any atom is -0.310 e. The minimum atomic E-state index is -0.150. The van der Waals surface area contributed by atoms with Crippen molar-refractivity contribution in [3.63, 3.8) is 0 Å². The molecule has 0 spiro atoms. The first-order chi connectivity index (χ1) is 9.62. The average Bonchev–Trinajstić information content (AvgIpc) is 2.85. The van der Waals surface area contributed by atoms with Gasteiger partial charge in [-0.25, -0.2) is 4.39 Å². The van der Waals surface area contributed by atoms with E-state index in [-0.39, 0.29) is 11.9 Å². The second-order valence-electron chi connectivity index (χ2n) is 5.10. The second kappa shape index (κ2) is 7.00. The summed E-state index contributed by atoms with van der Waals surface area (Å²) >= 11 is 1.86. The molecule has 108 valence electrons. The van der Waals surface area contributed by atoms with Crippen LogP contribution in [0.15, 0.2) is 30.3 Å². The summed E-state index contributed by atoms with van der Waals surface area (Å²) in [4.78, 5) is 2.76. The molecule has 2 aromatic rings. The molecular weight excluding hydrogens is 269 g/mol. The molecule has 1 aromatic heterocycles. The Morgan fingerprint density at radius 3 is 2.50 bits per heavy atom. The van der Waals surface area contributed by atoms with Gasteiger partial charge >= 0.3 is 0 Å². The summed E-state index contributed by atoms with van der Waals surface area (Å²) in [6.45, 7) is 7.08. The maximum Gasteiger partial charge on any atom is 0.123 e. The van der Waals surface area contributed by atoms with Crippen molar-refractivity contribution in [1.82, 2.24) is 5.32 Å². The molecule has 0 amide bonds. The number of nitrogens with one attached hydrogen (secondary N) is 1. The first-order valence-electron chi connectivity index (χ1n) is 7.20. The van der Waals surface area contributed by atoms with Gasteiger partial charge in [-0.1, -0.05) is 19.9 Å². The van der Waals surface area contributed by atoms with E-state index in [0.29, 0.717) is 0 Å². The zero-order valence-electron chi connectivity index (χ0n) is 12.4. The van der Waals surface area contributed by atoms with Gasteiger partial charge in [0, 0.05) is 22.2 Å². The molecule has 1 atom stereocenters. The van der Waals surface area contributed by atoms with Crippen molar-refractivity contribution in [1.29, 1.82) is 0 Å². The Hall–Kier alpha value is -1.19. The van der Waals surface area contributed by atoms with Crippen molar-refractivity contribution in [2.75, 3.05) is 6.54 Å². The lowest BCUT2D eigenvalue weighted by Gasteiger charge is -2.18. The van der Waals surface area contributed by atoms with Gasteiger partial charge < -0.3 is 5.32 Å². The molecular formula is C17H22FNS. The minimum absolute atomic E-state index is 0.150. The van der Waals surface area contributed by atoms with Crippen LogP contribution in [-0.4, -0.2) is 6.54 Å². The summed E-state index contributed by atoms with van der Waals surface area (Å²) in [5.41, 5.74) is 2.01. The third-order valence-corrected chi connectivity index (χ3v) is 4.64. The number of hydrogen-bond acceptors (Lipinski definition) is 2. The molecule has 2 rings (SSSR count). The molecule has 0 aliphatic carbocycles. The Labute approximate surface area is 124 Å². The summed E-state index contributed by atoms with van der Waals surface area (Å²) in [7, 11) is 0. The maximum atomic E-state index is 13.6. The molecule has 1 aromatic carbocycles. The molecule has 0 saturated heterocycles. The summed E-state index contributed by atoms with van der Waals surface area (Å²) in [5, 5.41) is 3.47. The van der Waals surface area contributed by atoms with Crippen molar-refractivity contribution < 1.29 is 4.39 Å². The lowest BCUT2D eigenvalue weighted by Crippen LogP contribution is -2.22. The van der Waals surface area contributed by atoms with E-state index in [2.05, 4.69) is 37.4 Å². The summed E-state index contributed by atoms with van der Waals surface area (Å²) < 4.78 is 13.6. The van der Waals surface area contributed by atoms with Crippen LogP contribution < -0.4 is 5.32 Å². The van der Waals surface area contributed by atoms with Crippen molar-refractivity contribution in [2.24, 2.45) is 0 Å². The van der Waals surface area contributed by atoms with E-state index in [1.165, 1.54) is 9.75 Å². The first kappa shape index (κ1) is 15.2. The highest BCUT2D eigenvalue weighted by atomic mass is 32.1.